The van der Waals surface area contributed by atoms with Crippen LogP contribution in [0.4, 0.5) is 0 Å². The van der Waals surface area contributed by atoms with E-state index in [1.54, 1.807) is 20.0 Å². The molecule has 0 spiro atoms. The summed E-state index contributed by atoms with van der Waals surface area (Å²) in [5.74, 6) is 1.86. The van der Waals surface area contributed by atoms with Gasteiger partial charge >= 0.3 is 0 Å². The first kappa shape index (κ1) is 24.3. The quantitative estimate of drug-likeness (QED) is 0.719. The van der Waals surface area contributed by atoms with Gasteiger partial charge in [0.1, 0.15) is 0 Å². The number of carbonyl (C=O) groups is 2. The van der Waals surface area contributed by atoms with Crippen molar-refractivity contribution in [3.8, 4) is 11.5 Å². The molecule has 1 aromatic rings. The maximum Gasteiger partial charge on any atom is 0.219 e. The van der Waals surface area contributed by atoms with Crippen molar-refractivity contribution in [1.82, 2.24) is 20.1 Å². The van der Waals surface area contributed by atoms with Gasteiger partial charge < -0.3 is 30.3 Å². The summed E-state index contributed by atoms with van der Waals surface area (Å²) in [5.41, 5.74) is 6.62. The fourth-order valence-electron chi connectivity index (χ4n) is 4.07. The highest BCUT2D eigenvalue weighted by molar-refractivity contribution is 5.73. The van der Waals surface area contributed by atoms with E-state index in [1.165, 1.54) is 0 Å². The number of nitrogens with zero attached hydrogens (tertiary/aromatic N) is 3. The Labute approximate surface area is 190 Å². The lowest BCUT2D eigenvalue weighted by Gasteiger charge is -2.31. The third-order valence-electron chi connectivity index (χ3n) is 6.19. The summed E-state index contributed by atoms with van der Waals surface area (Å²) in [7, 11) is 0. The Bertz CT molecular complexity index is 759. The second kappa shape index (κ2) is 12.0. The summed E-state index contributed by atoms with van der Waals surface area (Å²) in [6.07, 6.45) is 6.54. The van der Waals surface area contributed by atoms with Crippen LogP contribution < -0.4 is 20.5 Å². The standard InChI is InChI=1S/C16H23N3O3.C7H14N2O/c1-12(20)19-5-3-13(4-6-19)17-10-14-9-15-16(11-18-14)22-8-2-7-21-15;1-6(10)9-4-2-7(8)3-5-9/h9,11,13,17H,2-8,10H2,1H3;7H,2-5,8H2,1H3. The zero-order valence-electron chi connectivity index (χ0n) is 19.3. The molecule has 3 aliphatic heterocycles. The molecule has 0 saturated carbocycles. The van der Waals surface area contributed by atoms with E-state index in [0.717, 1.165) is 75.5 Å². The Kier molecular flexibility index (Phi) is 9.11. The second-order valence-corrected chi connectivity index (χ2v) is 8.68. The normalized spacial score (nSPS) is 19.6. The Morgan fingerprint density at radius 1 is 1.00 bits per heavy atom. The zero-order valence-corrected chi connectivity index (χ0v) is 19.3. The highest BCUT2D eigenvalue weighted by Crippen LogP contribution is 2.29. The van der Waals surface area contributed by atoms with E-state index < -0.39 is 0 Å². The second-order valence-electron chi connectivity index (χ2n) is 8.68. The van der Waals surface area contributed by atoms with Gasteiger partial charge in [0.2, 0.25) is 11.8 Å². The third kappa shape index (κ3) is 7.34. The average molecular weight is 448 g/mol. The lowest BCUT2D eigenvalue weighted by molar-refractivity contribution is -0.130. The van der Waals surface area contributed by atoms with Crippen molar-refractivity contribution >= 4 is 11.8 Å². The molecule has 9 heteroatoms. The van der Waals surface area contributed by atoms with Crippen LogP contribution in [0.25, 0.3) is 0 Å². The summed E-state index contributed by atoms with van der Waals surface area (Å²) in [4.78, 5) is 30.3. The van der Waals surface area contributed by atoms with Crippen molar-refractivity contribution in [3.05, 3.63) is 18.0 Å². The van der Waals surface area contributed by atoms with Gasteiger partial charge in [-0.05, 0) is 25.7 Å². The molecular weight excluding hydrogens is 410 g/mol. The Hall–Kier alpha value is -2.39. The number of aromatic nitrogens is 1. The molecule has 2 saturated heterocycles. The molecule has 3 N–H and O–H groups in total. The Morgan fingerprint density at radius 2 is 1.56 bits per heavy atom. The van der Waals surface area contributed by atoms with Crippen molar-refractivity contribution in [3.63, 3.8) is 0 Å². The number of hydrogen-bond acceptors (Lipinski definition) is 7. The van der Waals surface area contributed by atoms with Crippen molar-refractivity contribution in [2.24, 2.45) is 5.73 Å². The number of nitrogens with two attached hydrogens (primary N) is 1. The smallest absolute Gasteiger partial charge is 0.219 e. The van der Waals surface area contributed by atoms with Crippen LogP contribution in [0.15, 0.2) is 12.3 Å². The van der Waals surface area contributed by atoms with Gasteiger partial charge in [0.25, 0.3) is 0 Å². The van der Waals surface area contributed by atoms with Crippen LogP contribution >= 0.6 is 0 Å². The van der Waals surface area contributed by atoms with Gasteiger partial charge in [-0.15, -0.1) is 0 Å². The number of carbonyl (C=O) groups excluding carboxylic acids is 2. The molecule has 4 rings (SSSR count). The van der Waals surface area contributed by atoms with Crippen molar-refractivity contribution in [2.75, 3.05) is 39.4 Å². The lowest BCUT2D eigenvalue weighted by Crippen LogP contribution is -2.44. The molecule has 0 aliphatic carbocycles. The minimum atomic E-state index is 0.169. The van der Waals surface area contributed by atoms with Gasteiger partial charge in [0, 0.05) is 71.1 Å². The number of nitrogens with one attached hydrogen (secondary N) is 1. The third-order valence-corrected chi connectivity index (χ3v) is 6.19. The highest BCUT2D eigenvalue weighted by Gasteiger charge is 2.20. The van der Waals surface area contributed by atoms with E-state index in [1.807, 2.05) is 15.9 Å². The van der Waals surface area contributed by atoms with Crippen LogP contribution in [0.2, 0.25) is 0 Å². The maximum atomic E-state index is 11.3. The summed E-state index contributed by atoms with van der Waals surface area (Å²) < 4.78 is 11.3. The predicted molar refractivity (Wildman–Crippen MR) is 121 cm³/mol. The number of amides is 2. The van der Waals surface area contributed by atoms with E-state index in [2.05, 4.69) is 10.3 Å². The van der Waals surface area contributed by atoms with Crippen molar-refractivity contribution in [1.29, 1.82) is 0 Å². The zero-order chi connectivity index (χ0) is 22.9. The monoisotopic (exact) mass is 447 g/mol. The maximum absolute atomic E-state index is 11.3. The molecular formula is C23H37N5O4. The van der Waals surface area contributed by atoms with Crippen LogP contribution in [-0.4, -0.2) is 78.1 Å². The van der Waals surface area contributed by atoms with Crippen LogP contribution in [0.1, 0.15) is 51.6 Å². The first-order chi connectivity index (χ1) is 15.4. The minimum absolute atomic E-state index is 0.169. The van der Waals surface area contributed by atoms with Gasteiger partial charge in [-0.2, -0.15) is 0 Å². The van der Waals surface area contributed by atoms with Gasteiger partial charge in [-0.1, -0.05) is 0 Å². The highest BCUT2D eigenvalue weighted by atomic mass is 16.5. The van der Waals surface area contributed by atoms with Gasteiger partial charge in [0.15, 0.2) is 11.5 Å². The molecule has 9 nitrogen and oxygen atoms in total. The summed E-state index contributed by atoms with van der Waals surface area (Å²) >= 11 is 0. The molecule has 0 bridgehead atoms. The molecule has 32 heavy (non-hydrogen) atoms. The average Bonchev–Trinajstić information content (AvgIpc) is 3.04. The van der Waals surface area contributed by atoms with Gasteiger partial charge in [0.05, 0.1) is 25.1 Å². The lowest BCUT2D eigenvalue weighted by atomic mass is 10.0. The molecule has 0 radical (unpaired) electrons. The van der Waals surface area contributed by atoms with Crippen LogP contribution in [-0.2, 0) is 16.1 Å². The summed E-state index contributed by atoms with van der Waals surface area (Å²) in [6, 6.07) is 2.71. The molecule has 3 aliphatic rings. The van der Waals surface area contributed by atoms with Crippen LogP contribution in [0, 0.1) is 0 Å². The summed E-state index contributed by atoms with van der Waals surface area (Å²) in [6.45, 7) is 8.68. The Morgan fingerprint density at radius 3 is 2.16 bits per heavy atom. The first-order valence-electron chi connectivity index (χ1n) is 11.7. The largest absolute Gasteiger partial charge is 0.489 e. The van der Waals surface area contributed by atoms with E-state index in [4.69, 9.17) is 15.2 Å². The SMILES string of the molecule is CC(=O)N1CCC(N)CC1.CC(=O)N1CCC(NCc2cc3c(cn2)OCCCO3)CC1. The number of piperidine rings is 2. The number of pyridine rings is 1. The van der Waals surface area contributed by atoms with Gasteiger partial charge in [-0.25, -0.2) is 0 Å². The molecule has 178 valence electrons. The van der Waals surface area contributed by atoms with Crippen molar-refractivity contribution in [2.45, 2.75) is 64.6 Å². The van der Waals surface area contributed by atoms with E-state index >= 15 is 0 Å². The van der Waals surface area contributed by atoms with Crippen molar-refractivity contribution < 1.29 is 19.1 Å². The fourth-order valence-corrected chi connectivity index (χ4v) is 4.07. The number of likely N-dealkylation sites (tertiary alicyclic amines) is 2. The number of fused-ring (bicyclic) bond motifs is 1. The predicted octanol–water partition coefficient (Wildman–Crippen LogP) is 1.30. The van der Waals surface area contributed by atoms with E-state index in [0.29, 0.717) is 31.8 Å². The van der Waals surface area contributed by atoms with Crippen LogP contribution in [0.5, 0.6) is 11.5 Å². The Balaban J connectivity index is 0.000000243. The first-order valence-corrected chi connectivity index (χ1v) is 11.7. The van der Waals surface area contributed by atoms with E-state index in [-0.39, 0.29) is 11.8 Å². The summed E-state index contributed by atoms with van der Waals surface area (Å²) in [5, 5.41) is 3.52. The molecule has 2 amide bonds. The molecule has 1 aromatic heterocycles. The fraction of sp³-hybridized carbons (Fsp3) is 0.696. The number of rotatable bonds is 3. The van der Waals surface area contributed by atoms with Crippen LogP contribution in [0.3, 0.4) is 0 Å². The topological polar surface area (TPSA) is 110 Å². The molecule has 0 unspecified atom stereocenters. The minimum Gasteiger partial charge on any atom is -0.489 e. The molecule has 4 heterocycles. The van der Waals surface area contributed by atoms with E-state index in [9.17, 15) is 9.59 Å². The number of hydrogen-bond donors (Lipinski definition) is 2. The molecule has 2 fully saturated rings. The molecule has 0 aromatic carbocycles. The van der Waals surface area contributed by atoms with Gasteiger partial charge in [-0.3, -0.25) is 14.6 Å². The number of ether oxygens (including phenoxy) is 2. The molecule has 0 atom stereocenters.